The molecular weight excluding hydrogens is 283 g/mol. The van der Waals surface area contributed by atoms with E-state index in [1.165, 1.54) is 12.1 Å². The van der Waals surface area contributed by atoms with Gasteiger partial charge in [0.15, 0.2) is 11.6 Å². The molecule has 0 aliphatic heterocycles. The first kappa shape index (κ1) is 14.3. The summed E-state index contributed by atoms with van der Waals surface area (Å²) in [4.78, 5) is 11.3. The van der Waals surface area contributed by atoms with E-state index >= 15 is 0 Å². The molecule has 0 saturated carbocycles. The smallest absolute Gasteiger partial charge is 0.314 e. The Bertz CT molecular complexity index is 601. The van der Waals surface area contributed by atoms with Crippen LogP contribution in [0, 0.1) is 5.82 Å². The number of carboxylic acid groups (broad SMARTS) is 1. The van der Waals surface area contributed by atoms with Gasteiger partial charge >= 0.3 is 5.97 Å². The number of rotatable bonds is 5. The fourth-order valence-electron chi connectivity index (χ4n) is 1.76. The summed E-state index contributed by atoms with van der Waals surface area (Å²) in [6.07, 6.45) is 0. The van der Waals surface area contributed by atoms with Crippen molar-refractivity contribution < 1.29 is 19.0 Å². The second-order valence-electron chi connectivity index (χ2n) is 4.16. The number of halogens is 2. The summed E-state index contributed by atoms with van der Waals surface area (Å²) in [7, 11) is 0. The first-order valence-corrected chi connectivity index (χ1v) is 6.32. The van der Waals surface area contributed by atoms with Crippen LogP contribution in [-0.2, 0) is 4.79 Å². The maximum atomic E-state index is 13.7. The average molecular weight is 295 g/mol. The summed E-state index contributed by atoms with van der Waals surface area (Å²) in [5.41, 5.74) is 0.599. The average Bonchev–Trinajstić information content (AvgIpc) is 2.44. The molecule has 1 unspecified atom stereocenters. The van der Waals surface area contributed by atoms with E-state index in [1.807, 2.05) is 0 Å². The molecule has 2 rings (SSSR count). The zero-order valence-electron chi connectivity index (χ0n) is 10.4. The van der Waals surface area contributed by atoms with Crippen molar-refractivity contribution in [2.75, 3.05) is 6.61 Å². The van der Waals surface area contributed by atoms with Gasteiger partial charge in [0.1, 0.15) is 12.5 Å². The molecule has 3 nitrogen and oxygen atoms in total. The molecule has 0 radical (unpaired) electrons. The molecule has 0 amide bonds. The second-order valence-corrected chi connectivity index (χ2v) is 4.57. The van der Waals surface area contributed by atoms with Gasteiger partial charge in [0.25, 0.3) is 0 Å². The maximum Gasteiger partial charge on any atom is 0.314 e. The van der Waals surface area contributed by atoms with Gasteiger partial charge in [-0.05, 0) is 17.7 Å². The van der Waals surface area contributed by atoms with Crippen molar-refractivity contribution in [2.24, 2.45) is 0 Å². The third-order valence-electron chi connectivity index (χ3n) is 2.82. The van der Waals surface area contributed by atoms with Crippen molar-refractivity contribution in [3.63, 3.8) is 0 Å². The lowest BCUT2D eigenvalue weighted by Crippen LogP contribution is -2.19. The monoisotopic (exact) mass is 294 g/mol. The molecule has 0 aliphatic carbocycles. The summed E-state index contributed by atoms with van der Waals surface area (Å²) in [6, 6.07) is 13.0. The van der Waals surface area contributed by atoms with Gasteiger partial charge < -0.3 is 9.84 Å². The highest BCUT2D eigenvalue weighted by molar-refractivity contribution is 6.30. The van der Waals surface area contributed by atoms with Crippen molar-refractivity contribution in [1.82, 2.24) is 0 Å². The SMILES string of the molecule is O=C(O)C(COc1cccc(Cl)c1F)c1ccccc1. The van der Waals surface area contributed by atoms with E-state index in [2.05, 4.69) is 0 Å². The van der Waals surface area contributed by atoms with Gasteiger partial charge in [-0.2, -0.15) is 0 Å². The van der Waals surface area contributed by atoms with E-state index < -0.39 is 17.7 Å². The number of hydrogen-bond acceptors (Lipinski definition) is 2. The minimum Gasteiger partial charge on any atom is -0.489 e. The summed E-state index contributed by atoms with van der Waals surface area (Å²) < 4.78 is 18.9. The number of ether oxygens (including phenoxy) is 1. The van der Waals surface area contributed by atoms with Crippen LogP contribution >= 0.6 is 11.6 Å². The van der Waals surface area contributed by atoms with Crippen molar-refractivity contribution in [3.8, 4) is 5.75 Å². The standard InChI is InChI=1S/C15H12ClFO3/c16-12-7-4-8-13(14(12)17)20-9-11(15(18)19)10-5-2-1-3-6-10/h1-8,11H,9H2,(H,18,19). The number of hydrogen-bond donors (Lipinski definition) is 1. The Morgan fingerprint density at radius 1 is 1.20 bits per heavy atom. The lowest BCUT2D eigenvalue weighted by Gasteiger charge is -2.14. The van der Waals surface area contributed by atoms with E-state index in [-0.39, 0.29) is 17.4 Å². The van der Waals surface area contributed by atoms with Gasteiger partial charge in [0, 0.05) is 0 Å². The van der Waals surface area contributed by atoms with Crippen LogP contribution in [0.15, 0.2) is 48.5 Å². The molecule has 104 valence electrons. The highest BCUT2D eigenvalue weighted by Crippen LogP contribution is 2.25. The summed E-state index contributed by atoms with van der Waals surface area (Å²) in [5.74, 6) is -2.64. The summed E-state index contributed by atoms with van der Waals surface area (Å²) in [5, 5.41) is 9.17. The largest absolute Gasteiger partial charge is 0.489 e. The van der Waals surface area contributed by atoms with Crippen LogP contribution in [0.5, 0.6) is 5.75 Å². The third-order valence-corrected chi connectivity index (χ3v) is 3.11. The van der Waals surface area contributed by atoms with Crippen molar-refractivity contribution >= 4 is 17.6 Å². The van der Waals surface area contributed by atoms with Gasteiger partial charge in [0.05, 0.1) is 5.02 Å². The Balaban J connectivity index is 2.14. The second kappa shape index (κ2) is 6.39. The molecule has 20 heavy (non-hydrogen) atoms. The first-order chi connectivity index (χ1) is 9.59. The molecule has 0 saturated heterocycles. The van der Waals surface area contributed by atoms with Crippen LogP contribution in [0.2, 0.25) is 5.02 Å². The minimum absolute atomic E-state index is 0.0559. The Morgan fingerprint density at radius 2 is 1.90 bits per heavy atom. The molecule has 1 N–H and O–H groups in total. The van der Waals surface area contributed by atoms with Crippen molar-refractivity contribution in [3.05, 3.63) is 64.9 Å². The van der Waals surface area contributed by atoms with Crippen molar-refractivity contribution in [1.29, 1.82) is 0 Å². The van der Waals surface area contributed by atoms with Crippen LogP contribution in [-0.4, -0.2) is 17.7 Å². The minimum atomic E-state index is -1.03. The van der Waals surface area contributed by atoms with E-state index in [1.54, 1.807) is 36.4 Å². The number of carboxylic acids is 1. The quantitative estimate of drug-likeness (QED) is 0.914. The van der Waals surface area contributed by atoms with Crippen LogP contribution in [0.4, 0.5) is 4.39 Å². The molecular formula is C15H12ClFO3. The van der Waals surface area contributed by atoms with Gasteiger partial charge in [-0.15, -0.1) is 0 Å². The van der Waals surface area contributed by atoms with Gasteiger partial charge in [-0.25, -0.2) is 4.39 Å². The Morgan fingerprint density at radius 3 is 2.55 bits per heavy atom. The van der Waals surface area contributed by atoms with E-state index in [0.717, 1.165) is 0 Å². The Labute approximate surface area is 120 Å². The molecule has 0 aromatic heterocycles. The van der Waals surface area contributed by atoms with Gasteiger partial charge in [0.2, 0.25) is 0 Å². The van der Waals surface area contributed by atoms with Crippen LogP contribution in [0.3, 0.4) is 0 Å². The topological polar surface area (TPSA) is 46.5 Å². The fourth-order valence-corrected chi connectivity index (χ4v) is 1.93. The van der Waals surface area contributed by atoms with Gasteiger partial charge in [-0.1, -0.05) is 48.0 Å². The fraction of sp³-hybridized carbons (Fsp3) is 0.133. The molecule has 5 heteroatoms. The van der Waals surface area contributed by atoms with Crippen LogP contribution in [0.1, 0.15) is 11.5 Å². The van der Waals surface area contributed by atoms with E-state index in [0.29, 0.717) is 5.56 Å². The third kappa shape index (κ3) is 3.27. The van der Waals surface area contributed by atoms with Gasteiger partial charge in [-0.3, -0.25) is 4.79 Å². The lowest BCUT2D eigenvalue weighted by atomic mass is 10.0. The highest BCUT2D eigenvalue weighted by Gasteiger charge is 2.21. The number of carbonyl (C=O) groups is 1. The normalized spacial score (nSPS) is 11.9. The molecule has 0 aliphatic rings. The summed E-state index contributed by atoms with van der Waals surface area (Å²) in [6.45, 7) is -0.170. The predicted octanol–water partition coefficient (Wildman–Crippen LogP) is 3.73. The summed E-state index contributed by atoms with van der Waals surface area (Å²) >= 11 is 5.64. The van der Waals surface area contributed by atoms with E-state index in [4.69, 9.17) is 16.3 Å². The molecule has 2 aromatic carbocycles. The molecule has 0 spiro atoms. The number of benzene rings is 2. The Hall–Kier alpha value is -2.07. The zero-order valence-corrected chi connectivity index (χ0v) is 11.2. The van der Waals surface area contributed by atoms with Crippen LogP contribution < -0.4 is 4.74 Å². The van der Waals surface area contributed by atoms with Crippen molar-refractivity contribution in [2.45, 2.75) is 5.92 Å². The molecule has 0 heterocycles. The Kier molecular flexibility index (Phi) is 4.58. The first-order valence-electron chi connectivity index (χ1n) is 5.94. The molecule has 2 aromatic rings. The van der Waals surface area contributed by atoms with E-state index in [9.17, 15) is 14.3 Å². The number of aliphatic carboxylic acids is 1. The highest BCUT2D eigenvalue weighted by atomic mass is 35.5. The predicted molar refractivity (Wildman–Crippen MR) is 73.7 cm³/mol. The lowest BCUT2D eigenvalue weighted by molar-refractivity contribution is -0.139. The molecule has 1 atom stereocenters. The molecule has 0 bridgehead atoms. The zero-order chi connectivity index (χ0) is 14.5. The molecule has 0 fully saturated rings. The maximum absolute atomic E-state index is 13.7. The van der Waals surface area contributed by atoms with Crippen LogP contribution in [0.25, 0.3) is 0 Å².